The van der Waals surface area contributed by atoms with E-state index >= 15 is 0 Å². The van der Waals surface area contributed by atoms with Crippen LogP contribution < -0.4 is 0 Å². The summed E-state index contributed by atoms with van der Waals surface area (Å²) < 4.78 is 42.0. The lowest BCUT2D eigenvalue weighted by atomic mass is 10.1. The second-order valence-corrected chi connectivity index (χ2v) is 3.70. The molecule has 0 aliphatic carbocycles. The van der Waals surface area contributed by atoms with Gasteiger partial charge in [0.1, 0.15) is 5.75 Å². The number of phenols is 1. The van der Waals surface area contributed by atoms with Gasteiger partial charge < -0.3 is 9.84 Å². The molecule has 0 saturated heterocycles. The van der Waals surface area contributed by atoms with E-state index in [0.29, 0.717) is 11.6 Å². The Morgan fingerprint density at radius 3 is 2.38 bits per heavy atom. The van der Waals surface area contributed by atoms with Crippen molar-refractivity contribution in [2.24, 2.45) is 0 Å². The fourth-order valence-electron chi connectivity index (χ4n) is 1.12. The zero-order valence-electron chi connectivity index (χ0n) is 9.01. The van der Waals surface area contributed by atoms with Crippen LogP contribution in [0.1, 0.15) is 25.0 Å². The summed E-state index contributed by atoms with van der Waals surface area (Å²) in [6.45, 7) is 3.71. The van der Waals surface area contributed by atoms with Gasteiger partial charge in [0.25, 0.3) is 0 Å². The highest BCUT2D eigenvalue weighted by atomic mass is 19.4. The summed E-state index contributed by atoms with van der Waals surface area (Å²) in [5.74, 6) is -0.393. The number of alkyl halides is 3. The van der Waals surface area contributed by atoms with Gasteiger partial charge in [-0.3, -0.25) is 0 Å². The topological polar surface area (TPSA) is 29.5 Å². The first-order valence-electron chi connectivity index (χ1n) is 4.81. The van der Waals surface area contributed by atoms with Crippen molar-refractivity contribution in [3.05, 3.63) is 29.3 Å². The van der Waals surface area contributed by atoms with E-state index in [1.807, 2.05) is 0 Å². The first-order chi connectivity index (χ1) is 7.30. The average molecular weight is 234 g/mol. The van der Waals surface area contributed by atoms with E-state index in [4.69, 9.17) is 4.74 Å². The van der Waals surface area contributed by atoms with Crippen LogP contribution in [0.3, 0.4) is 0 Å². The van der Waals surface area contributed by atoms with Crippen molar-refractivity contribution in [1.82, 2.24) is 0 Å². The number of hydrogen-bond acceptors (Lipinski definition) is 2. The molecule has 0 saturated carbocycles. The molecule has 0 spiro atoms. The Kier molecular flexibility index (Phi) is 3.80. The number of benzene rings is 1. The second kappa shape index (κ2) is 4.74. The minimum Gasteiger partial charge on any atom is -0.508 e. The average Bonchev–Trinajstić information content (AvgIpc) is 2.14. The summed E-state index contributed by atoms with van der Waals surface area (Å²) in [5.41, 5.74) is -0.514. The van der Waals surface area contributed by atoms with Crippen molar-refractivity contribution in [1.29, 1.82) is 0 Å². The van der Waals surface area contributed by atoms with Gasteiger partial charge in [-0.1, -0.05) is 6.07 Å². The summed E-state index contributed by atoms with van der Waals surface area (Å²) in [5, 5.41) is 9.39. The predicted molar refractivity (Wildman–Crippen MR) is 53.0 cm³/mol. The van der Waals surface area contributed by atoms with Gasteiger partial charge in [-0.25, -0.2) is 0 Å². The Balaban J connectivity index is 2.84. The molecule has 5 heteroatoms. The minimum absolute atomic E-state index is 0.0401. The van der Waals surface area contributed by atoms with Crippen molar-refractivity contribution < 1.29 is 23.0 Å². The maximum Gasteiger partial charge on any atom is 0.416 e. The Morgan fingerprint density at radius 1 is 1.31 bits per heavy atom. The van der Waals surface area contributed by atoms with Crippen molar-refractivity contribution in [2.75, 3.05) is 0 Å². The first kappa shape index (κ1) is 12.8. The number of phenolic OH excluding ortho intramolecular Hbond substituents is 1. The number of hydrogen-bond donors (Lipinski definition) is 1. The first-order valence-corrected chi connectivity index (χ1v) is 4.81. The monoisotopic (exact) mass is 234 g/mol. The molecule has 0 radical (unpaired) electrons. The molecule has 1 aromatic carbocycles. The van der Waals surface area contributed by atoms with Crippen LogP contribution in [-0.2, 0) is 17.5 Å². The maximum absolute atomic E-state index is 12.3. The third-order valence-electron chi connectivity index (χ3n) is 1.98. The lowest BCUT2D eigenvalue weighted by Gasteiger charge is -2.11. The molecule has 0 aliphatic heterocycles. The Bertz CT molecular complexity index is 359. The zero-order valence-corrected chi connectivity index (χ0v) is 9.01. The highest BCUT2D eigenvalue weighted by Gasteiger charge is 2.31. The largest absolute Gasteiger partial charge is 0.508 e. The van der Waals surface area contributed by atoms with Crippen LogP contribution in [0.4, 0.5) is 13.2 Å². The van der Waals surface area contributed by atoms with Gasteiger partial charge in [-0.2, -0.15) is 13.2 Å². The van der Waals surface area contributed by atoms with E-state index in [1.165, 1.54) is 6.07 Å². The van der Waals surface area contributed by atoms with Crippen LogP contribution >= 0.6 is 0 Å². The fourth-order valence-corrected chi connectivity index (χ4v) is 1.12. The van der Waals surface area contributed by atoms with Crippen LogP contribution in [0.2, 0.25) is 0 Å². The quantitative estimate of drug-likeness (QED) is 0.869. The van der Waals surface area contributed by atoms with Crippen LogP contribution in [0, 0.1) is 0 Å². The van der Waals surface area contributed by atoms with Crippen LogP contribution in [0.15, 0.2) is 18.2 Å². The van der Waals surface area contributed by atoms with Crippen molar-refractivity contribution in [3.63, 3.8) is 0 Å². The summed E-state index contributed by atoms with van der Waals surface area (Å²) in [7, 11) is 0. The van der Waals surface area contributed by atoms with E-state index < -0.39 is 17.5 Å². The third-order valence-corrected chi connectivity index (χ3v) is 1.98. The highest BCUT2D eigenvalue weighted by Crippen LogP contribution is 2.32. The zero-order chi connectivity index (χ0) is 12.3. The maximum atomic E-state index is 12.3. The molecular weight excluding hydrogens is 221 g/mol. The van der Waals surface area contributed by atoms with Crippen molar-refractivity contribution in [3.8, 4) is 5.75 Å². The lowest BCUT2D eigenvalue weighted by molar-refractivity contribution is -0.137. The number of halogens is 3. The Morgan fingerprint density at radius 2 is 1.94 bits per heavy atom. The van der Waals surface area contributed by atoms with Gasteiger partial charge in [-0.15, -0.1) is 0 Å². The molecule has 0 unspecified atom stereocenters. The molecule has 1 rings (SSSR count). The normalized spacial score (nSPS) is 12.1. The smallest absolute Gasteiger partial charge is 0.416 e. The molecule has 1 aromatic rings. The molecule has 0 fully saturated rings. The highest BCUT2D eigenvalue weighted by molar-refractivity contribution is 5.37. The summed E-state index contributed by atoms with van der Waals surface area (Å²) in [6, 6.07) is 2.86. The molecule has 0 aromatic heterocycles. The number of rotatable bonds is 3. The Hall–Kier alpha value is -1.23. The number of ether oxygens (including phenoxy) is 1. The van der Waals surface area contributed by atoms with Crippen LogP contribution in [-0.4, -0.2) is 11.2 Å². The summed E-state index contributed by atoms with van der Waals surface area (Å²) >= 11 is 0. The second-order valence-electron chi connectivity index (χ2n) is 3.70. The van der Waals surface area contributed by atoms with E-state index in [1.54, 1.807) is 13.8 Å². The van der Waals surface area contributed by atoms with E-state index in [-0.39, 0.29) is 12.7 Å². The SMILES string of the molecule is CC(C)OCc1ccc(C(F)(F)F)cc1O. The predicted octanol–water partition coefficient (Wildman–Crippen LogP) is 3.34. The van der Waals surface area contributed by atoms with E-state index in [0.717, 1.165) is 6.07 Å². The molecule has 0 bridgehead atoms. The van der Waals surface area contributed by atoms with Gasteiger partial charge in [-0.05, 0) is 26.0 Å². The fraction of sp³-hybridized carbons (Fsp3) is 0.455. The van der Waals surface area contributed by atoms with Crippen LogP contribution in [0.5, 0.6) is 5.75 Å². The van der Waals surface area contributed by atoms with Gasteiger partial charge in [0.05, 0.1) is 18.3 Å². The van der Waals surface area contributed by atoms with Crippen LogP contribution in [0.25, 0.3) is 0 Å². The minimum atomic E-state index is -4.44. The molecule has 0 heterocycles. The van der Waals surface area contributed by atoms with Crippen molar-refractivity contribution >= 4 is 0 Å². The van der Waals surface area contributed by atoms with Gasteiger partial charge in [0, 0.05) is 5.56 Å². The molecule has 16 heavy (non-hydrogen) atoms. The summed E-state index contributed by atoms with van der Waals surface area (Å²) in [4.78, 5) is 0. The van der Waals surface area contributed by atoms with Gasteiger partial charge in [0.2, 0.25) is 0 Å². The van der Waals surface area contributed by atoms with Crippen molar-refractivity contribution in [2.45, 2.75) is 32.7 Å². The molecule has 2 nitrogen and oxygen atoms in total. The molecule has 1 N–H and O–H groups in total. The molecule has 0 atom stereocenters. The molecule has 0 aliphatic rings. The standard InChI is InChI=1S/C11H13F3O2/c1-7(2)16-6-8-3-4-9(5-10(8)15)11(12,13)14/h3-5,7,15H,6H2,1-2H3. The van der Waals surface area contributed by atoms with Gasteiger partial charge >= 0.3 is 6.18 Å². The molecular formula is C11H13F3O2. The molecule has 0 amide bonds. The lowest BCUT2D eigenvalue weighted by Crippen LogP contribution is -2.06. The van der Waals surface area contributed by atoms with E-state index in [2.05, 4.69) is 0 Å². The van der Waals surface area contributed by atoms with Gasteiger partial charge in [0.15, 0.2) is 0 Å². The summed E-state index contributed by atoms with van der Waals surface area (Å²) in [6.07, 6.45) is -4.48. The third kappa shape index (κ3) is 3.41. The molecule has 90 valence electrons. The van der Waals surface area contributed by atoms with E-state index in [9.17, 15) is 18.3 Å². The Labute approximate surface area is 91.7 Å². The number of aromatic hydroxyl groups is 1.